The first-order valence-electron chi connectivity index (χ1n) is 10.6. The Balaban J connectivity index is 1.88. The van der Waals surface area contributed by atoms with Crippen LogP contribution in [0.1, 0.15) is 5.56 Å². The molecule has 0 atom stereocenters. The summed E-state index contributed by atoms with van der Waals surface area (Å²) in [5, 5.41) is 12.2. The molecule has 0 spiro atoms. The number of fused-ring (bicyclic) bond motifs is 2. The number of ether oxygens (including phenoxy) is 2. The van der Waals surface area contributed by atoms with Crippen molar-refractivity contribution in [3.8, 4) is 16.9 Å². The second-order valence-electron chi connectivity index (χ2n) is 7.81. The van der Waals surface area contributed by atoms with Crippen molar-refractivity contribution in [3.05, 3.63) is 73.9 Å². The Labute approximate surface area is 199 Å². The van der Waals surface area contributed by atoms with Crippen LogP contribution in [-0.2, 0) is 16.0 Å². The second kappa shape index (κ2) is 10.4. The molecule has 2 heterocycles. The number of hydrogen-bond acceptors (Lipinski definition) is 8. The summed E-state index contributed by atoms with van der Waals surface area (Å²) in [7, 11) is 3.22. The molecule has 2 aromatic heterocycles. The minimum absolute atomic E-state index is 0.0232. The highest BCUT2D eigenvalue weighted by Crippen LogP contribution is 2.34. The maximum absolute atomic E-state index is 12.8. The fourth-order valence-electron chi connectivity index (χ4n) is 3.86. The highest BCUT2D eigenvalue weighted by Gasteiger charge is 2.19. The summed E-state index contributed by atoms with van der Waals surface area (Å²) in [6.45, 7) is 2.39. The highest BCUT2D eigenvalue weighted by molar-refractivity contribution is 6.31. The zero-order chi connectivity index (χ0) is 24.2. The molecule has 178 valence electrons. The molecule has 0 aliphatic rings. The lowest BCUT2D eigenvalue weighted by Gasteiger charge is -2.22. The Hall–Kier alpha value is -3.17. The normalized spacial score (nSPS) is 11.6. The fourth-order valence-corrected chi connectivity index (χ4v) is 4.04. The molecule has 0 bridgehead atoms. The third kappa shape index (κ3) is 5.00. The lowest BCUT2D eigenvalue weighted by molar-refractivity contribution is 0.110. The Bertz CT molecular complexity index is 1440. The molecular weight excluding hydrogens is 462 g/mol. The van der Waals surface area contributed by atoms with Gasteiger partial charge in [0.05, 0.1) is 24.3 Å². The van der Waals surface area contributed by atoms with Crippen LogP contribution in [0.5, 0.6) is 5.75 Å². The summed E-state index contributed by atoms with van der Waals surface area (Å²) >= 11 is 6.10. The van der Waals surface area contributed by atoms with Crippen molar-refractivity contribution in [2.24, 2.45) is 0 Å². The van der Waals surface area contributed by atoms with Crippen LogP contribution in [0, 0.1) is 0 Å². The smallest absolute Gasteiger partial charge is 0.344 e. The van der Waals surface area contributed by atoms with Gasteiger partial charge in [0.15, 0.2) is 0 Å². The first-order valence-corrected chi connectivity index (χ1v) is 11.0. The SMILES string of the molecule is COCCN(CCOC)Cc1c(O)ccc2c(-c3cc4cc(Cl)ccc4oc3=O)cc(=O)oc12. The molecule has 9 heteroatoms. The monoisotopic (exact) mass is 485 g/mol. The van der Waals surface area contributed by atoms with Crippen molar-refractivity contribution < 1.29 is 23.4 Å². The number of halogens is 1. The molecule has 0 saturated carbocycles. The predicted molar refractivity (Wildman–Crippen MR) is 130 cm³/mol. The first kappa shape index (κ1) is 24.0. The van der Waals surface area contributed by atoms with Crippen LogP contribution in [0.3, 0.4) is 0 Å². The number of aromatic hydroxyl groups is 1. The van der Waals surface area contributed by atoms with Crippen LogP contribution < -0.4 is 11.3 Å². The summed E-state index contributed by atoms with van der Waals surface area (Å²) in [5.74, 6) is -0.0232. The van der Waals surface area contributed by atoms with Gasteiger partial charge in [0.25, 0.3) is 0 Å². The molecule has 34 heavy (non-hydrogen) atoms. The molecule has 0 aliphatic heterocycles. The molecule has 4 aromatic rings. The predicted octanol–water partition coefficient (Wildman–Crippen LogP) is 4.02. The molecule has 2 aromatic carbocycles. The van der Waals surface area contributed by atoms with Crippen molar-refractivity contribution in [2.75, 3.05) is 40.5 Å². The zero-order valence-corrected chi connectivity index (χ0v) is 19.6. The van der Waals surface area contributed by atoms with E-state index in [0.29, 0.717) is 58.8 Å². The van der Waals surface area contributed by atoms with Gasteiger partial charge < -0.3 is 23.4 Å². The van der Waals surface area contributed by atoms with E-state index < -0.39 is 11.3 Å². The van der Waals surface area contributed by atoms with E-state index >= 15 is 0 Å². The zero-order valence-electron chi connectivity index (χ0n) is 18.8. The molecule has 0 radical (unpaired) electrons. The average Bonchev–Trinajstić information content (AvgIpc) is 2.81. The number of phenols is 1. The summed E-state index contributed by atoms with van der Waals surface area (Å²) in [5.41, 5.74) is 0.308. The van der Waals surface area contributed by atoms with E-state index in [1.54, 1.807) is 44.6 Å². The van der Waals surface area contributed by atoms with Crippen molar-refractivity contribution in [3.63, 3.8) is 0 Å². The van der Waals surface area contributed by atoms with Crippen LogP contribution in [0.2, 0.25) is 5.02 Å². The molecular formula is C25H24ClNO7. The molecule has 1 N–H and O–H groups in total. The van der Waals surface area contributed by atoms with E-state index in [9.17, 15) is 14.7 Å². The summed E-state index contributed by atoms with van der Waals surface area (Å²) in [4.78, 5) is 27.4. The third-order valence-electron chi connectivity index (χ3n) is 5.58. The van der Waals surface area contributed by atoms with Gasteiger partial charge in [-0.1, -0.05) is 11.6 Å². The molecule has 4 rings (SSSR count). The Kier molecular flexibility index (Phi) is 7.33. The molecule has 0 saturated heterocycles. The number of benzene rings is 2. The minimum atomic E-state index is -0.653. The van der Waals surface area contributed by atoms with Gasteiger partial charge in [-0.15, -0.1) is 0 Å². The average molecular weight is 486 g/mol. The van der Waals surface area contributed by atoms with Crippen molar-refractivity contribution >= 4 is 33.5 Å². The third-order valence-corrected chi connectivity index (χ3v) is 5.82. The van der Waals surface area contributed by atoms with E-state index in [1.807, 2.05) is 4.90 Å². The van der Waals surface area contributed by atoms with Crippen LogP contribution in [0.4, 0.5) is 0 Å². The lowest BCUT2D eigenvalue weighted by Crippen LogP contribution is -2.30. The summed E-state index contributed by atoms with van der Waals surface area (Å²) in [6.07, 6.45) is 0. The molecule has 0 fully saturated rings. The topological polar surface area (TPSA) is 102 Å². The van der Waals surface area contributed by atoms with Gasteiger partial charge in [0, 0.05) is 61.3 Å². The summed E-state index contributed by atoms with van der Waals surface area (Å²) in [6, 6.07) is 10.9. The van der Waals surface area contributed by atoms with E-state index in [1.165, 1.54) is 12.1 Å². The summed E-state index contributed by atoms with van der Waals surface area (Å²) < 4.78 is 21.4. The highest BCUT2D eigenvalue weighted by atomic mass is 35.5. The second-order valence-corrected chi connectivity index (χ2v) is 8.25. The number of hydrogen-bond donors (Lipinski definition) is 1. The van der Waals surface area contributed by atoms with E-state index in [2.05, 4.69) is 0 Å². The number of methoxy groups -OCH3 is 2. The van der Waals surface area contributed by atoms with Crippen LogP contribution in [0.15, 0.2) is 60.9 Å². The van der Waals surface area contributed by atoms with Crippen molar-refractivity contribution in [1.82, 2.24) is 4.90 Å². The van der Waals surface area contributed by atoms with Crippen LogP contribution >= 0.6 is 11.6 Å². The Morgan fingerprint density at radius 1 is 0.941 bits per heavy atom. The fraction of sp³-hybridized carbons (Fsp3) is 0.280. The molecule has 0 aliphatic carbocycles. The number of rotatable bonds is 9. The molecule has 0 amide bonds. The van der Waals surface area contributed by atoms with Gasteiger partial charge in [-0.2, -0.15) is 0 Å². The van der Waals surface area contributed by atoms with Crippen LogP contribution in [0.25, 0.3) is 33.1 Å². The van der Waals surface area contributed by atoms with Gasteiger partial charge in [-0.3, -0.25) is 4.90 Å². The minimum Gasteiger partial charge on any atom is -0.507 e. The van der Waals surface area contributed by atoms with E-state index in [0.717, 1.165) is 0 Å². The quantitative estimate of drug-likeness (QED) is 0.355. The van der Waals surface area contributed by atoms with Gasteiger partial charge in [-0.25, -0.2) is 9.59 Å². The van der Waals surface area contributed by atoms with Gasteiger partial charge in [0.2, 0.25) is 0 Å². The van der Waals surface area contributed by atoms with Gasteiger partial charge in [-0.05, 0) is 36.4 Å². The van der Waals surface area contributed by atoms with Crippen LogP contribution in [-0.4, -0.2) is 50.5 Å². The van der Waals surface area contributed by atoms with E-state index in [4.69, 9.17) is 29.9 Å². The van der Waals surface area contributed by atoms with Gasteiger partial charge in [0.1, 0.15) is 16.9 Å². The first-order chi connectivity index (χ1) is 16.4. The molecule has 8 nitrogen and oxygen atoms in total. The number of nitrogens with zero attached hydrogens (tertiary/aromatic N) is 1. The largest absolute Gasteiger partial charge is 0.507 e. The maximum Gasteiger partial charge on any atom is 0.344 e. The molecule has 0 unspecified atom stereocenters. The maximum atomic E-state index is 12.8. The lowest BCUT2D eigenvalue weighted by atomic mass is 9.99. The number of phenolic OH excluding ortho intramolecular Hbond substituents is 1. The van der Waals surface area contributed by atoms with Crippen molar-refractivity contribution in [2.45, 2.75) is 6.54 Å². The van der Waals surface area contributed by atoms with E-state index in [-0.39, 0.29) is 23.4 Å². The Morgan fingerprint density at radius 3 is 2.38 bits per heavy atom. The van der Waals surface area contributed by atoms with Crippen molar-refractivity contribution in [1.29, 1.82) is 0 Å². The Morgan fingerprint density at radius 2 is 1.68 bits per heavy atom. The standard InChI is InChI=1S/C25H24ClNO7/c1-31-9-7-27(8-10-32-2)14-20-21(28)5-4-17-18(13-23(29)34-24(17)20)19-12-15-11-16(26)3-6-22(15)33-25(19)30/h3-6,11-13,28H,7-10,14H2,1-2H3. The van der Waals surface area contributed by atoms with Gasteiger partial charge >= 0.3 is 11.3 Å².